The Kier molecular flexibility index (Phi) is 4.35. The molecule has 1 aromatic carbocycles. The van der Waals surface area contributed by atoms with Gasteiger partial charge in [0.1, 0.15) is 0 Å². The lowest BCUT2D eigenvalue weighted by molar-refractivity contribution is 0.177. The van der Waals surface area contributed by atoms with Gasteiger partial charge < -0.3 is 5.11 Å². The fourth-order valence-corrected chi connectivity index (χ4v) is 1.74. The van der Waals surface area contributed by atoms with Crippen molar-refractivity contribution in [3.63, 3.8) is 0 Å². The predicted molar refractivity (Wildman–Crippen MR) is 53.8 cm³/mol. The number of hydrogen-bond acceptors (Lipinski definition) is 2. The van der Waals surface area contributed by atoms with E-state index in [-0.39, 0.29) is 5.75 Å². The molecular formula is C10H12F2OS. The van der Waals surface area contributed by atoms with Crippen LogP contribution in [0, 0.1) is 0 Å². The molecule has 78 valence electrons. The molecule has 0 saturated heterocycles. The van der Waals surface area contributed by atoms with Gasteiger partial charge in [-0.2, -0.15) is 0 Å². The average molecular weight is 218 g/mol. The van der Waals surface area contributed by atoms with Crippen molar-refractivity contribution in [3.8, 4) is 0 Å². The molecule has 1 rings (SSSR count). The number of alkyl halides is 2. The third kappa shape index (κ3) is 3.64. The number of benzene rings is 1. The van der Waals surface area contributed by atoms with Crippen LogP contribution in [0.3, 0.4) is 0 Å². The lowest BCUT2D eigenvalue weighted by atomic mass is 10.1. The number of aliphatic hydroxyl groups excluding tert-OH is 1. The van der Waals surface area contributed by atoms with Crippen LogP contribution in [0.25, 0.3) is 0 Å². The smallest absolute Gasteiger partial charge is 0.247 e. The van der Waals surface area contributed by atoms with Crippen molar-refractivity contribution in [2.45, 2.75) is 24.3 Å². The number of halogens is 2. The van der Waals surface area contributed by atoms with Crippen molar-refractivity contribution in [1.82, 2.24) is 0 Å². The molecule has 0 aliphatic rings. The van der Waals surface area contributed by atoms with Crippen LogP contribution in [0.5, 0.6) is 0 Å². The van der Waals surface area contributed by atoms with Crippen LogP contribution in [0.4, 0.5) is 8.78 Å². The van der Waals surface area contributed by atoms with E-state index in [1.165, 1.54) is 0 Å². The predicted octanol–water partition coefficient (Wildman–Crippen LogP) is 3.10. The molecule has 1 nitrogen and oxygen atoms in total. The Morgan fingerprint density at radius 1 is 1.43 bits per heavy atom. The summed E-state index contributed by atoms with van der Waals surface area (Å²) in [7, 11) is 0. The fraction of sp³-hybridized carbons (Fsp3) is 0.400. The molecule has 0 radical (unpaired) electrons. The van der Waals surface area contributed by atoms with E-state index in [0.29, 0.717) is 0 Å². The van der Waals surface area contributed by atoms with Gasteiger partial charge in [-0.1, -0.05) is 12.1 Å². The second-order valence-electron chi connectivity index (χ2n) is 2.95. The molecule has 0 amide bonds. The minimum absolute atomic E-state index is 0.205. The molecule has 0 saturated carbocycles. The monoisotopic (exact) mass is 218 g/mol. The lowest BCUT2D eigenvalue weighted by Crippen LogP contribution is -1.94. The standard InChI is InChI=1S/C10H12F2OS/c1-7(13)8-3-2-4-9(5-8)14-6-10(11)12/h2-5,7,10,13H,6H2,1H3. The van der Waals surface area contributed by atoms with E-state index >= 15 is 0 Å². The van der Waals surface area contributed by atoms with Gasteiger partial charge >= 0.3 is 0 Å². The van der Waals surface area contributed by atoms with E-state index in [9.17, 15) is 13.9 Å². The summed E-state index contributed by atoms with van der Waals surface area (Å²) >= 11 is 1.10. The quantitative estimate of drug-likeness (QED) is 0.784. The Morgan fingerprint density at radius 3 is 2.71 bits per heavy atom. The van der Waals surface area contributed by atoms with E-state index in [2.05, 4.69) is 0 Å². The van der Waals surface area contributed by atoms with Crippen molar-refractivity contribution in [2.24, 2.45) is 0 Å². The molecular weight excluding hydrogens is 206 g/mol. The molecule has 14 heavy (non-hydrogen) atoms. The summed E-state index contributed by atoms with van der Waals surface area (Å²) in [5.41, 5.74) is 0.754. The van der Waals surface area contributed by atoms with Gasteiger partial charge in [0.05, 0.1) is 11.9 Å². The highest BCUT2D eigenvalue weighted by Crippen LogP contribution is 2.23. The first-order valence-electron chi connectivity index (χ1n) is 4.28. The molecule has 0 heterocycles. The molecule has 0 aliphatic carbocycles. The zero-order valence-corrected chi connectivity index (χ0v) is 8.60. The van der Waals surface area contributed by atoms with E-state index in [1.54, 1.807) is 31.2 Å². The summed E-state index contributed by atoms with van der Waals surface area (Å²) in [4.78, 5) is 0.767. The van der Waals surface area contributed by atoms with Gasteiger partial charge in [-0.3, -0.25) is 0 Å². The highest BCUT2D eigenvalue weighted by Gasteiger charge is 2.05. The minimum Gasteiger partial charge on any atom is -0.389 e. The van der Waals surface area contributed by atoms with E-state index in [4.69, 9.17) is 0 Å². The average Bonchev–Trinajstić information content (AvgIpc) is 2.15. The van der Waals surface area contributed by atoms with Crippen molar-refractivity contribution in [3.05, 3.63) is 29.8 Å². The van der Waals surface area contributed by atoms with Crippen LogP contribution in [0.1, 0.15) is 18.6 Å². The molecule has 0 bridgehead atoms. The molecule has 1 unspecified atom stereocenters. The van der Waals surface area contributed by atoms with Crippen LogP contribution in [-0.2, 0) is 0 Å². The van der Waals surface area contributed by atoms with E-state index in [0.717, 1.165) is 22.2 Å². The van der Waals surface area contributed by atoms with Crippen molar-refractivity contribution >= 4 is 11.8 Å². The summed E-state index contributed by atoms with van der Waals surface area (Å²) in [6.07, 6.45) is -2.85. The lowest BCUT2D eigenvalue weighted by Gasteiger charge is -2.06. The SMILES string of the molecule is CC(O)c1cccc(SCC(F)F)c1. The molecule has 1 atom stereocenters. The normalized spacial score (nSPS) is 13.2. The molecule has 0 aliphatic heterocycles. The van der Waals surface area contributed by atoms with Crippen molar-refractivity contribution < 1.29 is 13.9 Å². The molecule has 0 spiro atoms. The topological polar surface area (TPSA) is 20.2 Å². The minimum atomic E-state index is -2.30. The molecule has 0 aromatic heterocycles. The Bertz CT molecular complexity index is 289. The fourth-order valence-electron chi connectivity index (χ4n) is 1.02. The third-order valence-electron chi connectivity index (χ3n) is 1.72. The summed E-state index contributed by atoms with van der Waals surface area (Å²) < 4.78 is 23.8. The Balaban J connectivity index is 2.64. The number of hydrogen-bond donors (Lipinski definition) is 1. The summed E-state index contributed by atoms with van der Waals surface area (Å²) in [6, 6.07) is 7.03. The van der Waals surface area contributed by atoms with E-state index in [1.807, 2.05) is 0 Å². The summed E-state index contributed by atoms with van der Waals surface area (Å²) in [5, 5.41) is 9.27. The maximum atomic E-state index is 11.9. The maximum absolute atomic E-state index is 11.9. The summed E-state index contributed by atoms with van der Waals surface area (Å²) in [6.45, 7) is 1.65. The Morgan fingerprint density at radius 2 is 2.14 bits per heavy atom. The zero-order chi connectivity index (χ0) is 10.6. The number of rotatable bonds is 4. The summed E-state index contributed by atoms with van der Waals surface area (Å²) in [5.74, 6) is -0.205. The number of aliphatic hydroxyl groups is 1. The number of thioether (sulfide) groups is 1. The Hall–Kier alpha value is -0.610. The highest BCUT2D eigenvalue weighted by atomic mass is 32.2. The first-order valence-corrected chi connectivity index (χ1v) is 5.27. The van der Waals surface area contributed by atoms with Gasteiger partial charge in [-0.15, -0.1) is 11.8 Å². The molecule has 1 N–H and O–H groups in total. The van der Waals surface area contributed by atoms with Crippen LogP contribution >= 0.6 is 11.8 Å². The van der Waals surface area contributed by atoms with Crippen LogP contribution in [0.2, 0.25) is 0 Å². The van der Waals surface area contributed by atoms with Crippen LogP contribution < -0.4 is 0 Å². The van der Waals surface area contributed by atoms with Gasteiger partial charge in [-0.05, 0) is 24.6 Å². The van der Waals surface area contributed by atoms with E-state index < -0.39 is 12.5 Å². The largest absolute Gasteiger partial charge is 0.389 e. The molecule has 4 heteroatoms. The van der Waals surface area contributed by atoms with Gasteiger partial charge in [0.2, 0.25) is 6.43 Å². The molecule has 0 fully saturated rings. The Labute approximate surface area is 86.1 Å². The third-order valence-corrected chi connectivity index (χ3v) is 2.72. The second-order valence-corrected chi connectivity index (χ2v) is 4.04. The van der Waals surface area contributed by atoms with Gasteiger partial charge in [0, 0.05) is 4.90 Å². The van der Waals surface area contributed by atoms with Crippen LogP contribution in [0.15, 0.2) is 29.2 Å². The van der Waals surface area contributed by atoms with Crippen LogP contribution in [-0.4, -0.2) is 17.3 Å². The van der Waals surface area contributed by atoms with Gasteiger partial charge in [0.25, 0.3) is 0 Å². The van der Waals surface area contributed by atoms with Gasteiger partial charge in [-0.25, -0.2) is 8.78 Å². The molecule has 1 aromatic rings. The first-order chi connectivity index (χ1) is 6.59. The highest BCUT2D eigenvalue weighted by molar-refractivity contribution is 7.99. The maximum Gasteiger partial charge on any atom is 0.247 e. The van der Waals surface area contributed by atoms with Crippen molar-refractivity contribution in [2.75, 3.05) is 5.75 Å². The zero-order valence-electron chi connectivity index (χ0n) is 7.78. The first kappa shape index (κ1) is 11.5. The van der Waals surface area contributed by atoms with Crippen molar-refractivity contribution in [1.29, 1.82) is 0 Å². The second kappa shape index (κ2) is 5.32. The van der Waals surface area contributed by atoms with Gasteiger partial charge in [0.15, 0.2) is 0 Å².